The summed E-state index contributed by atoms with van der Waals surface area (Å²) in [6.45, 7) is 13.6. The number of primary amides is 1. The molecule has 20 nitrogen and oxygen atoms in total. The van der Waals surface area contributed by atoms with E-state index < -0.39 is 11.8 Å². The number of hydrogen-bond donors (Lipinski definition) is 5. The highest BCUT2D eigenvalue weighted by molar-refractivity contribution is 6.05. The number of aromatic nitrogens is 8. The van der Waals surface area contributed by atoms with Crippen molar-refractivity contribution < 1.29 is 28.6 Å². The van der Waals surface area contributed by atoms with E-state index in [4.69, 9.17) is 35.8 Å². The molecule has 0 bridgehead atoms. The molecule has 62 heavy (non-hydrogen) atoms. The van der Waals surface area contributed by atoms with Gasteiger partial charge in [-0.1, -0.05) is 12.2 Å². The van der Waals surface area contributed by atoms with Crippen LogP contribution in [0.5, 0.6) is 11.5 Å². The van der Waals surface area contributed by atoms with Crippen molar-refractivity contribution in [3.63, 3.8) is 0 Å². The summed E-state index contributed by atoms with van der Waals surface area (Å²) in [6.07, 6.45) is 4.55. The van der Waals surface area contributed by atoms with Gasteiger partial charge in [0.25, 0.3) is 11.8 Å². The lowest BCUT2D eigenvalue weighted by Gasteiger charge is -2.26. The number of fused-ring (bicyclic) bond motifs is 2. The Morgan fingerprint density at radius 2 is 1.37 bits per heavy atom. The summed E-state index contributed by atoms with van der Waals surface area (Å²) < 4.78 is 24.7. The summed E-state index contributed by atoms with van der Waals surface area (Å²) in [6, 6.07) is 10.4. The maximum absolute atomic E-state index is 13.8. The zero-order valence-corrected chi connectivity index (χ0v) is 35.7. The summed E-state index contributed by atoms with van der Waals surface area (Å²) in [5, 5.41) is 14.9. The average Bonchev–Trinajstić information content (AvgIpc) is 4.03. The number of nitrogens with two attached hydrogens (primary N) is 2. The molecule has 1 saturated heterocycles. The highest BCUT2D eigenvalue weighted by Gasteiger charge is 2.23. The Morgan fingerprint density at radius 3 is 1.90 bits per heavy atom. The van der Waals surface area contributed by atoms with Crippen LogP contribution in [0.1, 0.15) is 68.6 Å². The maximum Gasteiger partial charge on any atom is 0.276 e. The third-order valence-corrected chi connectivity index (χ3v) is 10.5. The topological polar surface area (TPSA) is 242 Å². The Balaban J connectivity index is 1.25. The van der Waals surface area contributed by atoms with E-state index in [1.807, 2.05) is 61.1 Å². The maximum atomic E-state index is 13.8. The third kappa shape index (κ3) is 9.47. The smallest absolute Gasteiger partial charge is 0.276 e. The van der Waals surface area contributed by atoms with Gasteiger partial charge in [0.1, 0.15) is 33.9 Å². The molecule has 0 saturated carbocycles. The van der Waals surface area contributed by atoms with Crippen LogP contribution in [0, 0.1) is 13.8 Å². The minimum absolute atomic E-state index is 0.213. The van der Waals surface area contributed by atoms with Gasteiger partial charge in [0.05, 0.1) is 49.4 Å². The van der Waals surface area contributed by atoms with Gasteiger partial charge in [0.15, 0.2) is 0 Å². The van der Waals surface area contributed by atoms with Crippen molar-refractivity contribution in [1.29, 1.82) is 0 Å². The van der Waals surface area contributed by atoms with Gasteiger partial charge in [-0.3, -0.25) is 50.5 Å². The molecule has 0 radical (unpaired) electrons. The number of hydrazine groups is 1. The normalized spacial score (nSPS) is 13.4. The lowest BCUT2D eigenvalue weighted by atomic mass is 10.1. The summed E-state index contributed by atoms with van der Waals surface area (Å²) in [4.78, 5) is 52.1. The zero-order chi connectivity index (χ0) is 43.9. The van der Waals surface area contributed by atoms with E-state index in [9.17, 15) is 14.4 Å². The molecule has 1 fully saturated rings. The van der Waals surface area contributed by atoms with Crippen molar-refractivity contribution in [3.8, 4) is 11.5 Å². The monoisotopic (exact) mass is 850 g/mol. The number of carbonyl (C=O) groups is 3. The molecule has 7 N–H and O–H groups in total. The number of amides is 3. The molecule has 1 aliphatic heterocycles. The standard InChI is InChI=1S/C42H54N14O6/c1-6-55-32(19-26(3)50-55)39(58)48-41-46-30-21-28(25-45-44)22-34(60-5)36(30)53(41)12-8-9-13-54-37-31(47-42(54)49-40(59)33-20-27(4)51-56(33)7-2)23-29(38(43)57)24-35(37)62-16-10-11-52-14-17-61-18-15-52/h8-9,19-24,45H,6-7,10-18,25,44H2,1-5H3,(H2,43,57)(H,46,48,58)(H,47,49,59)/b9-8+. The van der Waals surface area contributed by atoms with E-state index >= 15 is 0 Å². The third-order valence-electron chi connectivity index (χ3n) is 10.5. The SMILES string of the molecule is CCn1nc(C)cc1C(=O)Nc1nc2cc(CNN)cc(OC)c2n1C/C=C/Cn1c(NC(=O)c2cc(C)nn2CC)nc2cc(C(N)=O)cc(OCCCN3CCOCC3)c21. The molecule has 1 aliphatic rings. The van der Waals surface area contributed by atoms with Crippen LogP contribution < -0.4 is 37.1 Å². The van der Waals surface area contributed by atoms with E-state index in [0.717, 1.165) is 37.3 Å². The minimum Gasteiger partial charge on any atom is -0.494 e. The van der Waals surface area contributed by atoms with Crippen LogP contribution in [0.15, 0.2) is 48.6 Å². The summed E-state index contributed by atoms with van der Waals surface area (Å²) >= 11 is 0. The molecule has 0 spiro atoms. The van der Waals surface area contributed by atoms with Crippen molar-refractivity contribution in [3.05, 3.63) is 82.5 Å². The molecule has 3 amide bonds. The number of methoxy groups -OCH3 is 1. The summed E-state index contributed by atoms with van der Waals surface area (Å²) in [7, 11) is 1.57. The van der Waals surface area contributed by atoms with E-state index in [1.165, 1.54) is 0 Å². The second-order valence-electron chi connectivity index (χ2n) is 14.9. The van der Waals surface area contributed by atoms with E-state index in [1.54, 1.807) is 40.7 Å². The van der Waals surface area contributed by atoms with Crippen LogP contribution in [-0.4, -0.2) is 108 Å². The van der Waals surface area contributed by atoms with Crippen LogP contribution >= 0.6 is 0 Å². The number of aryl methyl sites for hydroxylation is 4. The Bertz CT molecular complexity index is 2610. The van der Waals surface area contributed by atoms with Crippen LogP contribution in [0.2, 0.25) is 0 Å². The van der Waals surface area contributed by atoms with Gasteiger partial charge in [-0.15, -0.1) is 0 Å². The fourth-order valence-corrected chi connectivity index (χ4v) is 7.61. The summed E-state index contributed by atoms with van der Waals surface area (Å²) in [5.74, 6) is 5.70. The van der Waals surface area contributed by atoms with Gasteiger partial charge in [-0.25, -0.2) is 9.97 Å². The highest BCUT2D eigenvalue weighted by atomic mass is 16.5. The highest BCUT2D eigenvalue weighted by Crippen LogP contribution is 2.33. The van der Waals surface area contributed by atoms with Gasteiger partial charge >= 0.3 is 0 Å². The predicted octanol–water partition coefficient (Wildman–Crippen LogP) is 3.37. The van der Waals surface area contributed by atoms with Gasteiger partial charge in [-0.05, 0) is 76.1 Å². The molecule has 5 heterocycles. The predicted molar refractivity (Wildman–Crippen MR) is 233 cm³/mol. The number of nitrogens with one attached hydrogen (secondary N) is 3. The molecule has 6 aromatic rings. The van der Waals surface area contributed by atoms with Crippen LogP contribution in [0.3, 0.4) is 0 Å². The molecule has 0 aliphatic carbocycles. The number of rotatable bonds is 19. The molecule has 2 aromatic carbocycles. The van der Waals surface area contributed by atoms with Crippen LogP contribution in [0.25, 0.3) is 22.1 Å². The first-order valence-corrected chi connectivity index (χ1v) is 20.7. The van der Waals surface area contributed by atoms with Gasteiger partial charge in [0.2, 0.25) is 17.8 Å². The first-order chi connectivity index (χ1) is 30.0. The number of carbonyl (C=O) groups excluding carboxylic acids is 3. The summed E-state index contributed by atoms with van der Waals surface area (Å²) in [5.41, 5.74) is 13.9. The fraction of sp³-hybridized carbons (Fsp3) is 0.405. The van der Waals surface area contributed by atoms with E-state index in [2.05, 4.69) is 31.2 Å². The largest absolute Gasteiger partial charge is 0.494 e. The number of imidazole rings is 2. The molecule has 7 rings (SSSR count). The first kappa shape index (κ1) is 43.5. The molecular weight excluding hydrogens is 797 g/mol. The quantitative estimate of drug-likeness (QED) is 0.0340. The Kier molecular flexibility index (Phi) is 13.6. The van der Waals surface area contributed by atoms with Crippen molar-refractivity contribution in [2.75, 3.05) is 57.2 Å². The molecule has 0 atom stereocenters. The molecule has 328 valence electrons. The second kappa shape index (κ2) is 19.4. The van der Waals surface area contributed by atoms with Crippen molar-refractivity contribution in [1.82, 2.24) is 49.0 Å². The zero-order valence-electron chi connectivity index (χ0n) is 35.7. The van der Waals surface area contributed by atoms with Crippen LogP contribution in [0.4, 0.5) is 11.9 Å². The molecule has 0 unspecified atom stereocenters. The average molecular weight is 851 g/mol. The number of nitrogens with zero attached hydrogens (tertiary/aromatic N) is 9. The first-order valence-electron chi connectivity index (χ1n) is 20.7. The minimum atomic E-state index is -0.640. The Hall–Kier alpha value is -6.61. The van der Waals surface area contributed by atoms with E-state index in [0.29, 0.717) is 96.1 Å². The van der Waals surface area contributed by atoms with Gasteiger partial charge in [-0.2, -0.15) is 10.2 Å². The number of allylic oxidation sites excluding steroid dienone is 2. The lowest BCUT2D eigenvalue weighted by molar-refractivity contribution is 0.0358. The van der Waals surface area contributed by atoms with E-state index in [-0.39, 0.29) is 30.5 Å². The van der Waals surface area contributed by atoms with Crippen molar-refractivity contribution >= 4 is 51.7 Å². The number of ether oxygens (including phenoxy) is 3. The molecule has 20 heteroatoms. The number of anilines is 2. The Labute approximate surface area is 358 Å². The molecule has 4 aromatic heterocycles. The lowest BCUT2D eigenvalue weighted by Crippen LogP contribution is -2.37. The number of morpholine rings is 1. The Morgan fingerprint density at radius 1 is 0.806 bits per heavy atom. The second-order valence-corrected chi connectivity index (χ2v) is 14.9. The van der Waals surface area contributed by atoms with Crippen molar-refractivity contribution in [2.45, 2.75) is 66.8 Å². The van der Waals surface area contributed by atoms with Crippen LogP contribution in [-0.2, 0) is 37.5 Å². The van der Waals surface area contributed by atoms with Gasteiger partial charge < -0.3 is 29.1 Å². The molecular formula is C42H54N14O6. The number of benzene rings is 2. The van der Waals surface area contributed by atoms with Gasteiger partial charge in [0, 0.05) is 57.9 Å². The fourth-order valence-electron chi connectivity index (χ4n) is 7.61. The number of hydrogen-bond acceptors (Lipinski definition) is 13. The van der Waals surface area contributed by atoms with Crippen molar-refractivity contribution in [2.24, 2.45) is 11.6 Å².